The number of aryl methyl sites for hydroxylation is 1. The molecule has 0 radical (unpaired) electrons. The van der Waals surface area contributed by atoms with Crippen molar-refractivity contribution in [3.05, 3.63) is 24.0 Å². The van der Waals surface area contributed by atoms with Crippen LogP contribution in [0.25, 0.3) is 0 Å². The maximum absolute atomic E-state index is 9.96. The Labute approximate surface area is 102 Å². The van der Waals surface area contributed by atoms with Gasteiger partial charge < -0.3 is 15.0 Å². The fourth-order valence-electron chi connectivity index (χ4n) is 1.63. The smallest absolute Gasteiger partial charge is 0.0833 e. The van der Waals surface area contributed by atoms with Crippen LogP contribution in [0.1, 0.15) is 19.4 Å². The van der Waals surface area contributed by atoms with Gasteiger partial charge in [-0.3, -0.25) is 0 Å². The van der Waals surface area contributed by atoms with E-state index < -0.39 is 5.60 Å². The first-order chi connectivity index (χ1) is 7.57. The molecule has 0 bridgehead atoms. The van der Waals surface area contributed by atoms with Crippen molar-refractivity contribution >= 4 is 11.8 Å². The summed E-state index contributed by atoms with van der Waals surface area (Å²) in [4.78, 5) is 0. The fraction of sp³-hybridized carbons (Fsp3) is 0.667. The molecule has 2 N–H and O–H groups in total. The molecule has 1 rings (SSSR count). The molecule has 0 amide bonds. The average Bonchev–Trinajstić information content (AvgIpc) is 2.65. The lowest BCUT2D eigenvalue weighted by molar-refractivity contribution is 0.0846. The highest BCUT2D eigenvalue weighted by Crippen LogP contribution is 2.09. The molecule has 4 heteroatoms. The van der Waals surface area contributed by atoms with E-state index >= 15 is 0 Å². The Morgan fingerprint density at radius 3 is 2.88 bits per heavy atom. The summed E-state index contributed by atoms with van der Waals surface area (Å²) in [5.41, 5.74) is 0.647. The first-order valence-electron chi connectivity index (χ1n) is 5.64. The van der Waals surface area contributed by atoms with E-state index in [0.717, 1.165) is 18.8 Å². The summed E-state index contributed by atoms with van der Waals surface area (Å²) >= 11 is 1.67. The third-order valence-electron chi connectivity index (χ3n) is 2.47. The molecule has 0 saturated heterocycles. The lowest BCUT2D eigenvalue weighted by Crippen LogP contribution is -2.39. The van der Waals surface area contributed by atoms with E-state index in [1.165, 1.54) is 5.56 Å². The number of nitrogens with zero attached hydrogens (tertiary/aromatic N) is 1. The van der Waals surface area contributed by atoms with E-state index in [1.54, 1.807) is 11.8 Å². The minimum Gasteiger partial charge on any atom is -0.388 e. The largest absolute Gasteiger partial charge is 0.388 e. The number of thioether (sulfide) groups is 1. The van der Waals surface area contributed by atoms with E-state index in [1.807, 2.05) is 13.2 Å². The molecule has 0 saturated carbocycles. The molecule has 0 aliphatic heterocycles. The predicted molar refractivity (Wildman–Crippen MR) is 70.8 cm³/mol. The van der Waals surface area contributed by atoms with Crippen LogP contribution in [0, 0.1) is 0 Å². The van der Waals surface area contributed by atoms with Gasteiger partial charge in [-0.1, -0.05) is 0 Å². The van der Waals surface area contributed by atoms with Crippen molar-refractivity contribution in [1.82, 2.24) is 9.88 Å². The Balaban J connectivity index is 2.29. The van der Waals surface area contributed by atoms with Gasteiger partial charge in [0, 0.05) is 37.8 Å². The maximum Gasteiger partial charge on any atom is 0.0833 e. The molecule has 1 aromatic heterocycles. The van der Waals surface area contributed by atoms with Crippen LogP contribution in [0.3, 0.4) is 0 Å². The quantitative estimate of drug-likeness (QED) is 0.764. The van der Waals surface area contributed by atoms with E-state index in [2.05, 4.69) is 35.3 Å². The van der Waals surface area contributed by atoms with Crippen LogP contribution in [-0.4, -0.2) is 33.8 Å². The molecule has 1 heterocycles. The van der Waals surface area contributed by atoms with Crippen LogP contribution in [0.2, 0.25) is 0 Å². The summed E-state index contributed by atoms with van der Waals surface area (Å²) in [5.74, 6) is 0.760. The zero-order chi connectivity index (χ0) is 12.0. The van der Waals surface area contributed by atoms with Gasteiger partial charge in [-0.05, 0) is 31.7 Å². The van der Waals surface area contributed by atoms with Crippen molar-refractivity contribution < 1.29 is 5.11 Å². The van der Waals surface area contributed by atoms with Gasteiger partial charge >= 0.3 is 0 Å². The Bertz CT molecular complexity index is 310. The Morgan fingerprint density at radius 2 is 2.31 bits per heavy atom. The van der Waals surface area contributed by atoms with Gasteiger partial charge in [0.25, 0.3) is 0 Å². The van der Waals surface area contributed by atoms with Crippen LogP contribution in [0.4, 0.5) is 0 Å². The first kappa shape index (κ1) is 13.6. The standard InChI is InChI=1S/C12H22N2OS/c1-4-14-6-5-11(8-14)7-13-9-12(2,15)10-16-3/h5-6,8,13,15H,4,7,9-10H2,1-3H3. The van der Waals surface area contributed by atoms with Gasteiger partial charge in [0.05, 0.1) is 5.60 Å². The zero-order valence-electron chi connectivity index (χ0n) is 10.4. The van der Waals surface area contributed by atoms with Crippen LogP contribution < -0.4 is 5.32 Å². The summed E-state index contributed by atoms with van der Waals surface area (Å²) in [6.45, 7) is 6.45. The molecular formula is C12H22N2OS. The Hall–Kier alpha value is -0.450. The summed E-state index contributed by atoms with van der Waals surface area (Å²) in [6.07, 6.45) is 6.23. The van der Waals surface area contributed by atoms with Crippen molar-refractivity contribution in [1.29, 1.82) is 0 Å². The van der Waals surface area contributed by atoms with Gasteiger partial charge in [-0.2, -0.15) is 11.8 Å². The number of aliphatic hydroxyl groups is 1. The first-order valence-corrected chi connectivity index (χ1v) is 7.03. The molecule has 1 aromatic rings. The molecule has 1 atom stereocenters. The van der Waals surface area contributed by atoms with Crippen molar-refractivity contribution in [2.75, 3.05) is 18.6 Å². The summed E-state index contributed by atoms with van der Waals surface area (Å²) < 4.78 is 2.15. The number of hydrogen-bond donors (Lipinski definition) is 2. The predicted octanol–water partition coefficient (Wildman–Crippen LogP) is 1.71. The second-order valence-electron chi connectivity index (χ2n) is 4.38. The lowest BCUT2D eigenvalue weighted by Gasteiger charge is -2.22. The summed E-state index contributed by atoms with van der Waals surface area (Å²) in [7, 11) is 0. The highest BCUT2D eigenvalue weighted by molar-refractivity contribution is 7.98. The number of aromatic nitrogens is 1. The number of hydrogen-bond acceptors (Lipinski definition) is 3. The normalized spacial score (nSPS) is 15.0. The van der Waals surface area contributed by atoms with E-state index in [4.69, 9.17) is 0 Å². The minimum atomic E-state index is -0.618. The molecule has 0 spiro atoms. The minimum absolute atomic E-state index is 0.618. The third-order valence-corrected chi connectivity index (χ3v) is 3.38. The van der Waals surface area contributed by atoms with Gasteiger partial charge in [0.2, 0.25) is 0 Å². The molecular weight excluding hydrogens is 220 g/mol. The molecule has 92 valence electrons. The maximum atomic E-state index is 9.96. The van der Waals surface area contributed by atoms with Gasteiger partial charge in [0.1, 0.15) is 0 Å². The average molecular weight is 242 g/mol. The van der Waals surface area contributed by atoms with E-state index in [-0.39, 0.29) is 0 Å². The molecule has 0 fully saturated rings. The SMILES string of the molecule is CCn1ccc(CNCC(C)(O)CSC)c1. The molecule has 3 nitrogen and oxygen atoms in total. The topological polar surface area (TPSA) is 37.2 Å². The summed E-state index contributed by atoms with van der Waals surface area (Å²) in [5, 5.41) is 13.2. The van der Waals surface area contributed by atoms with E-state index in [0.29, 0.717) is 6.54 Å². The van der Waals surface area contributed by atoms with Gasteiger partial charge in [0.15, 0.2) is 0 Å². The van der Waals surface area contributed by atoms with Crippen molar-refractivity contribution in [2.24, 2.45) is 0 Å². The van der Waals surface area contributed by atoms with Crippen LogP contribution in [-0.2, 0) is 13.1 Å². The zero-order valence-corrected chi connectivity index (χ0v) is 11.2. The highest BCUT2D eigenvalue weighted by atomic mass is 32.2. The Kier molecular flexibility index (Phi) is 5.38. The van der Waals surface area contributed by atoms with Gasteiger partial charge in [-0.25, -0.2) is 0 Å². The molecule has 0 aromatic carbocycles. The van der Waals surface area contributed by atoms with Crippen LogP contribution in [0.15, 0.2) is 18.5 Å². The second-order valence-corrected chi connectivity index (χ2v) is 5.25. The highest BCUT2D eigenvalue weighted by Gasteiger charge is 2.18. The molecule has 1 unspecified atom stereocenters. The van der Waals surface area contributed by atoms with Gasteiger partial charge in [-0.15, -0.1) is 0 Å². The Morgan fingerprint density at radius 1 is 1.56 bits per heavy atom. The van der Waals surface area contributed by atoms with Crippen LogP contribution >= 0.6 is 11.8 Å². The molecule has 0 aliphatic carbocycles. The second kappa shape index (κ2) is 6.33. The fourth-order valence-corrected chi connectivity index (χ4v) is 2.35. The third kappa shape index (κ3) is 4.60. The van der Waals surface area contributed by atoms with Crippen molar-refractivity contribution in [2.45, 2.75) is 32.5 Å². The molecule has 0 aliphatic rings. The van der Waals surface area contributed by atoms with Crippen LogP contribution in [0.5, 0.6) is 0 Å². The van der Waals surface area contributed by atoms with Crippen molar-refractivity contribution in [3.63, 3.8) is 0 Å². The van der Waals surface area contributed by atoms with E-state index in [9.17, 15) is 5.11 Å². The number of nitrogens with one attached hydrogen (secondary N) is 1. The number of rotatable bonds is 7. The van der Waals surface area contributed by atoms with Crippen molar-refractivity contribution in [3.8, 4) is 0 Å². The summed E-state index contributed by atoms with van der Waals surface area (Å²) in [6, 6.07) is 2.11. The molecule has 16 heavy (non-hydrogen) atoms. The lowest BCUT2D eigenvalue weighted by atomic mass is 10.1. The monoisotopic (exact) mass is 242 g/mol.